The van der Waals surface area contributed by atoms with Crippen molar-refractivity contribution >= 4 is 11.8 Å². The minimum Gasteiger partial charge on any atom is -0.504 e. The number of ketones is 1. The number of aromatic hydroxyl groups is 1. The lowest BCUT2D eigenvalue weighted by molar-refractivity contribution is -0.158. The van der Waals surface area contributed by atoms with E-state index in [1.165, 1.54) is 0 Å². The van der Waals surface area contributed by atoms with Gasteiger partial charge in [-0.05, 0) is 25.0 Å². The fourth-order valence-corrected chi connectivity index (χ4v) is 2.44. The molecule has 0 bridgehead atoms. The Morgan fingerprint density at radius 2 is 1.88 bits per heavy atom. The molecule has 0 aliphatic rings. The summed E-state index contributed by atoms with van der Waals surface area (Å²) in [5, 5.41) is 10.6. The number of phenols is 1. The molecule has 0 radical (unpaired) electrons. The van der Waals surface area contributed by atoms with Crippen molar-refractivity contribution in [2.45, 2.75) is 33.0 Å². The molecule has 0 aliphatic carbocycles. The molecule has 1 atom stereocenters. The molecule has 0 spiro atoms. The molecule has 26 heavy (non-hydrogen) atoms. The molecule has 0 aromatic heterocycles. The minimum absolute atomic E-state index is 0.127. The van der Waals surface area contributed by atoms with E-state index < -0.39 is 12.3 Å². The molecule has 0 fully saturated rings. The third-order valence-electron chi connectivity index (χ3n) is 3.80. The zero-order valence-electron chi connectivity index (χ0n) is 14.9. The van der Waals surface area contributed by atoms with Crippen LogP contribution < -0.4 is 4.74 Å². The first-order chi connectivity index (χ1) is 12.5. The maximum Gasteiger partial charge on any atom is 0.333 e. The summed E-state index contributed by atoms with van der Waals surface area (Å²) in [5.74, 6) is -1.07. The van der Waals surface area contributed by atoms with Gasteiger partial charge < -0.3 is 14.6 Å². The number of hydrogen-bond acceptors (Lipinski definition) is 5. The van der Waals surface area contributed by atoms with Crippen LogP contribution in [0.25, 0.3) is 0 Å². The standard InChI is InChI=1S/C21H22O5/c1-4-9-18(25-17(22)5-2)26-21-14(3)12-13-16(20(21)24)19(23)15-10-7-6-8-11-15/h5-8,10-13,18,24H,2,4,9H2,1,3H3. The highest BCUT2D eigenvalue weighted by atomic mass is 16.7. The van der Waals surface area contributed by atoms with Crippen LogP contribution in [0.3, 0.4) is 0 Å². The monoisotopic (exact) mass is 354 g/mol. The Balaban J connectivity index is 2.35. The van der Waals surface area contributed by atoms with Crippen LogP contribution in [-0.2, 0) is 9.53 Å². The lowest BCUT2D eigenvalue weighted by Gasteiger charge is -2.21. The number of hydrogen-bond donors (Lipinski definition) is 1. The Labute approximate surface area is 152 Å². The van der Waals surface area contributed by atoms with Crippen molar-refractivity contribution in [3.8, 4) is 11.5 Å². The van der Waals surface area contributed by atoms with E-state index in [2.05, 4.69) is 6.58 Å². The summed E-state index contributed by atoms with van der Waals surface area (Å²) >= 11 is 0. The summed E-state index contributed by atoms with van der Waals surface area (Å²) in [6, 6.07) is 11.9. The van der Waals surface area contributed by atoms with Gasteiger partial charge in [-0.15, -0.1) is 0 Å². The lowest BCUT2D eigenvalue weighted by atomic mass is 10.0. The molecular formula is C21H22O5. The number of carbonyl (C=O) groups excluding carboxylic acids is 2. The van der Waals surface area contributed by atoms with Crippen molar-refractivity contribution < 1.29 is 24.2 Å². The zero-order valence-corrected chi connectivity index (χ0v) is 14.9. The lowest BCUT2D eigenvalue weighted by Crippen LogP contribution is -2.23. The zero-order chi connectivity index (χ0) is 19.1. The van der Waals surface area contributed by atoms with Gasteiger partial charge in [0, 0.05) is 18.1 Å². The topological polar surface area (TPSA) is 72.8 Å². The smallest absolute Gasteiger partial charge is 0.333 e. The van der Waals surface area contributed by atoms with E-state index >= 15 is 0 Å². The maximum atomic E-state index is 12.7. The van der Waals surface area contributed by atoms with E-state index in [1.807, 2.05) is 13.0 Å². The fraction of sp³-hybridized carbons (Fsp3) is 0.238. The fourth-order valence-electron chi connectivity index (χ4n) is 2.44. The minimum atomic E-state index is -0.878. The van der Waals surface area contributed by atoms with Gasteiger partial charge in [0.25, 0.3) is 0 Å². The van der Waals surface area contributed by atoms with Crippen molar-refractivity contribution in [3.63, 3.8) is 0 Å². The number of phenolic OH excluding ortho intramolecular Hbond substituents is 1. The van der Waals surface area contributed by atoms with Crippen LogP contribution >= 0.6 is 0 Å². The van der Waals surface area contributed by atoms with Crippen LogP contribution in [0.2, 0.25) is 0 Å². The van der Waals surface area contributed by atoms with Crippen molar-refractivity contribution in [2.24, 2.45) is 0 Å². The first kappa shape index (κ1) is 19.2. The molecule has 0 amide bonds. The van der Waals surface area contributed by atoms with Gasteiger partial charge in [-0.2, -0.15) is 0 Å². The summed E-state index contributed by atoms with van der Waals surface area (Å²) in [6.45, 7) is 7.02. The molecule has 0 saturated heterocycles. The van der Waals surface area contributed by atoms with Crippen molar-refractivity contribution in [1.29, 1.82) is 0 Å². The third-order valence-corrected chi connectivity index (χ3v) is 3.80. The van der Waals surface area contributed by atoms with Crippen LogP contribution in [-0.4, -0.2) is 23.1 Å². The highest BCUT2D eigenvalue weighted by Crippen LogP contribution is 2.36. The summed E-state index contributed by atoms with van der Waals surface area (Å²) in [5.41, 5.74) is 1.21. The predicted molar refractivity (Wildman–Crippen MR) is 98.3 cm³/mol. The van der Waals surface area contributed by atoms with Gasteiger partial charge in [0.2, 0.25) is 6.29 Å². The van der Waals surface area contributed by atoms with E-state index in [9.17, 15) is 14.7 Å². The van der Waals surface area contributed by atoms with E-state index in [-0.39, 0.29) is 22.8 Å². The Bertz CT molecular complexity index is 796. The van der Waals surface area contributed by atoms with Crippen LogP contribution in [0.4, 0.5) is 0 Å². The van der Waals surface area contributed by atoms with Gasteiger partial charge >= 0.3 is 5.97 Å². The molecule has 2 rings (SSSR count). The second kappa shape index (κ2) is 8.85. The van der Waals surface area contributed by atoms with Gasteiger partial charge in [0.15, 0.2) is 17.3 Å². The highest BCUT2D eigenvalue weighted by Gasteiger charge is 2.22. The Morgan fingerprint density at radius 1 is 1.19 bits per heavy atom. The van der Waals surface area contributed by atoms with Crippen molar-refractivity contribution in [1.82, 2.24) is 0 Å². The first-order valence-electron chi connectivity index (χ1n) is 8.40. The quantitative estimate of drug-likeness (QED) is 0.333. The number of esters is 1. The summed E-state index contributed by atoms with van der Waals surface area (Å²) in [7, 11) is 0. The average Bonchev–Trinajstić information content (AvgIpc) is 2.65. The maximum absolute atomic E-state index is 12.7. The third kappa shape index (κ3) is 4.51. The largest absolute Gasteiger partial charge is 0.504 e. The number of benzene rings is 2. The molecule has 0 heterocycles. The van der Waals surface area contributed by atoms with Gasteiger partial charge in [-0.3, -0.25) is 4.79 Å². The summed E-state index contributed by atoms with van der Waals surface area (Å²) < 4.78 is 10.9. The molecular weight excluding hydrogens is 332 g/mol. The molecule has 1 unspecified atom stereocenters. The number of carbonyl (C=O) groups is 2. The molecule has 5 heteroatoms. The van der Waals surface area contributed by atoms with Crippen molar-refractivity contribution in [2.75, 3.05) is 0 Å². The summed E-state index contributed by atoms with van der Waals surface area (Å²) in [4.78, 5) is 24.1. The van der Waals surface area contributed by atoms with Crippen LogP contribution in [0, 0.1) is 6.92 Å². The van der Waals surface area contributed by atoms with Gasteiger partial charge in [-0.1, -0.05) is 49.9 Å². The highest BCUT2D eigenvalue weighted by molar-refractivity contribution is 6.11. The molecule has 2 aromatic rings. The van der Waals surface area contributed by atoms with E-state index in [1.54, 1.807) is 43.3 Å². The Hall–Kier alpha value is -3.08. The van der Waals surface area contributed by atoms with Gasteiger partial charge in [-0.25, -0.2) is 4.79 Å². The Morgan fingerprint density at radius 3 is 2.50 bits per heavy atom. The molecule has 136 valence electrons. The summed E-state index contributed by atoms with van der Waals surface area (Å²) in [6.07, 6.45) is 1.32. The molecule has 1 N–H and O–H groups in total. The second-order valence-electron chi connectivity index (χ2n) is 5.78. The predicted octanol–water partition coefficient (Wildman–Crippen LogP) is 4.17. The first-order valence-corrected chi connectivity index (χ1v) is 8.40. The van der Waals surface area contributed by atoms with E-state index in [4.69, 9.17) is 9.47 Å². The van der Waals surface area contributed by atoms with Crippen LogP contribution in [0.5, 0.6) is 11.5 Å². The van der Waals surface area contributed by atoms with Crippen LogP contribution in [0.1, 0.15) is 41.3 Å². The normalized spacial score (nSPS) is 11.5. The molecule has 0 saturated carbocycles. The van der Waals surface area contributed by atoms with Gasteiger partial charge in [0.1, 0.15) is 0 Å². The Kier molecular flexibility index (Phi) is 6.55. The van der Waals surface area contributed by atoms with Crippen LogP contribution in [0.15, 0.2) is 55.1 Å². The van der Waals surface area contributed by atoms with E-state index in [0.29, 0.717) is 24.0 Å². The van der Waals surface area contributed by atoms with Gasteiger partial charge in [0.05, 0.1) is 5.56 Å². The van der Waals surface area contributed by atoms with Crippen molar-refractivity contribution in [3.05, 3.63) is 71.8 Å². The molecule has 2 aromatic carbocycles. The average molecular weight is 354 g/mol. The SMILES string of the molecule is C=CC(=O)OC(CCC)Oc1c(C)ccc(C(=O)c2ccccc2)c1O. The second-order valence-corrected chi connectivity index (χ2v) is 5.78. The molecule has 0 aliphatic heterocycles. The number of ether oxygens (including phenoxy) is 2. The number of rotatable bonds is 8. The number of aryl methyl sites for hydroxylation is 1. The van der Waals surface area contributed by atoms with E-state index in [0.717, 1.165) is 6.08 Å². The molecule has 5 nitrogen and oxygen atoms in total.